The van der Waals surface area contributed by atoms with Crippen LogP contribution in [-0.4, -0.2) is 24.8 Å². The predicted octanol–water partition coefficient (Wildman–Crippen LogP) is 2.46. The van der Waals surface area contributed by atoms with Gasteiger partial charge in [0.05, 0.1) is 0 Å². The van der Waals surface area contributed by atoms with Gasteiger partial charge in [-0.05, 0) is 37.5 Å². The molecule has 1 unspecified atom stereocenters. The molecule has 2 amide bonds. The third kappa shape index (κ3) is 3.26. The summed E-state index contributed by atoms with van der Waals surface area (Å²) >= 11 is 3.42. The van der Waals surface area contributed by atoms with Crippen LogP contribution in [0.2, 0.25) is 0 Å². The van der Waals surface area contributed by atoms with Crippen LogP contribution in [0.5, 0.6) is 0 Å². The summed E-state index contributed by atoms with van der Waals surface area (Å²) in [6, 6.07) is 7.90. The number of hydrogen-bond donors (Lipinski definition) is 2. The Labute approximate surface area is 126 Å². The van der Waals surface area contributed by atoms with E-state index in [1.54, 1.807) is 0 Å². The van der Waals surface area contributed by atoms with Gasteiger partial charge in [0.1, 0.15) is 6.67 Å². The third-order valence-corrected chi connectivity index (χ3v) is 4.30. The highest BCUT2D eigenvalue weighted by molar-refractivity contribution is 9.10. The number of amides is 2. The van der Waals surface area contributed by atoms with Crippen molar-refractivity contribution < 1.29 is 9.59 Å². The van der Waals surface area contributed by atoms with Crippen molar-refractivity contribution >= 4 is 28.0 Å². The van der Waals surface area contributed by atoms with E-state index in [1.807, 2.05) is 19.1 Å². The first-order valence-electron chi connectivity index (χ1n) is 6.42. The van der Waals surface area contributed by atoms with Crippen LogP contribution < -0.4 is 10.6 Å². The number of urea groups is 1. The van der Waals surface area contributed by atoms with E-state index >= 15 is 0 Å². The van der Waals surface area contributed by atoms with Gasteiger partial charge in [-0.3, -0.25) is 0 Å². The highest BCUT2D eigenvalue weighted by Crippen LogP contribution is 2.51. The molecule has 2 rings (SSSR count). The van der Waals surface area contributed by atoms with Crippen molar-refractivity contribution in [3.05, 3.63) is 34.3 Å². The first-order valence-corrected chi connectivity index (χ1v) is 7.22. The first-order chi connectivity index (χ1) is 9.58. The fourth-order valence-corrected chi connectivity index (χ4v) is 2.68. The number of nitrogens with one attached hydrogen (secondary N) is 2. The largest absolute Gasteiger partial charge is 0.335 e. The average molecular weight is 338 g/mol. The van der Waals surface area contributed by atoms with Gasteiger partial charge in [-0.2, -0.15) is 4.99 Å². The van der Waals surface area contributed by atoms with E-state index in [0.29, 0.717) is 0 Å². The van der Waals surface area contributed by atoms with Crippen molar-refractivity contribution in [1.82, 2.24) is 10.6 Å². The highest BCUT2D eigenvalue weighted by atomic mass is 79.9. The molecule has 20 heavy (non-hydrogen) atoms. The van der Waals surface area contributed by atoms with E-state index in [0.717, 1.165) is 17.3 Å². The summed E-state index contributed by atoms with van der Waals surface area (Å²) in [7, 11) is 0. The second kappa shape index (κ2) is 6.20. The van der Waals surface area contributed by atoms with Crippen molar-refractivity contribution in [2.75, 3.05) is 6.67 Å². The van der Waals surface area contributed by atoms with E-state index in [4.69, 9.17) is 0 Å². The van der Waals surface area contributed by atoms with E-state index in [-0.39, 0.29) is 24.2 Å². The fraction of sp³-hybridized carbons (Fsp3) is 0.429. The molecule has 1 saturated carbocycles. The fourth-order valence-electron chi connectivity index (χ4n) is 2.42. The van der Waals surface area contributed by atoms with E-state index < -0.39 is 0 Å². The number of isocyanates is 1. The second-order valence-corrected chi connectivity index (χ2v) is 5.86. The van der Waals surface area contributed by atoms with Gasteiger partial charge >= 0.3 is 6.03 Å². The van der Waals surface area contributed by atoms with Crippen LogP contribution >= 0.6 is 15.9 Å². The lowest BCUT2D eigenvalue weighted by molar-refractivity contribution is 0.235. The van der Waals surface area contributed by atoms with Gasteiger partial charge in [-0.1, -0.05) is 28.1 Å². The molecule has 0 bridgehead atoms. The predicted molar refractivity (Wildman–Crippen MR) is 79.2 cm³/mol. The Morgan fingerprint density at radius 1 is 1.45 bits per heavy atom. The molecule has 106 valence electrons. The number of nitrogens with zero attached hydrogens (tertiary/aromatic N) is 1. The van der Waals surface area contributed by atoms with E-state index in [2.05, 4.69) is 43.7 Å². The minimum absolute atomic E-state index is 0.0175. The van der Waals surface area contributed by atoms with Crippen LogP contribution in [-0.2, 0) is 10.2 Å². The van der Waals surface area contributed by atoms with Gasteiger partial charge in [-0.15, -0.1) is 0 Å². The molecule has 0 heterocycles. The summed E-state index contributed by atoms with van der Waals surface area (Å²) < 4.78 is 1.04. The summed E-state index contributed by atoms with van der Waals surface area (Å²) in [6.45, 7) is 1.95. The Balaban J connectivity index is 1.97. The molecular formula is C14H16BrN3O2. The van der Waals surface area contributed by atoms with Gasteiger partial charge in [0, 0.05) is 15.9 Å². The molecule has 1 aromatic rings. The lowest BCUT2D eigenvalue weighted by atomic mass is 9.89. The van der Waals surface area contributed by atoms with Crippen molar-refractivity contribution in [2.24, 2.45) is 4.99 Å². The summed E-state index contributed by atoms with van der Waals surface area (Å²) in [5, 5.41) is 5.39. The Bertz CT molecular complexity index is 534. The van der Waals surface area contributed by atoms with Crippen LogP contribution in [0.25, 0.3) is 0 Å². The standard InChI is InChI=1S/C14H16BrN3O2/c1-10(18-13(20)17-8-16-9-19)14(6-7-14)11-2-4-12(15)5-3-11/h2-5,10H,6-8H2,1H3,(H2,17,18,20). The first kappa shape index (κ1) is 14.8. The minimum Gasteiger partial charge on any atom is -0.335 e. The van der Waals surface area contributed by atoms with E-state index in [9.17, 15) is 9.59 Å². The second-order valence-electron chi connectivity index (χ2n) is 4.94. The molecule has 0 radical (unpaired) electrons. The molecule has 0 aromatic heterocycles. The maximum Gasteiger partial charge on any atom is 0.316 e. The SMILES string of the molecule is CC(NC(=O)NCN=C=O)C1(c2ccc(Br)cc2)CC1. The van der Waals surface area contributed by atoms with Crippen molar-refractivity contribution in [3.63, 3.8) is 0 Å². The maximum absolute atomic E-state index is 11.7. The van der Waals surface area contributed by atoms with Gasteiger partial charge in [0.25, 0.3) is 0 Å². The molecule has 5 nitrogen and oxygen atoms in total. The van der Waals surface area contributed by atoms with Crippen molar-refractivity contribution in [3.8, 4) is 0 Å². The molecule has 1 fully saturated rings. The monoisotopic (exact) mass is 337 g/mol. The number of carbonyl (C=O) groups is 1. The number of carbonyl (C=O) groups excluding carboxylic acids is 2. The number of rotatable bonds is 5. The van der Waals surface area contributed by atoms with Gasteiger partial charge in [-0.25, -0.2) is 9.59 Å². The zero-order valence-electron chi connectivity index (χ0n) is 11.1. The third-order valence-electron chi connectivity index (χ3n) is 3.77. The molecule has 0 spiro atoms. The average Bonchev–Trinajstić information content (AvgIpc) is 3.21. The molecule has 1 aliphatic carbocycles. The molecule has 0 saturated heterocycles. The highest BCUT2D eigenvalue weighted by Gasteiger charge is 2.49. The summed E-state index contributed by atoms with van der Waals surface area (Å²) in [4.78, 5) is 24.9. The number of halogens is 1. The van der Waals surface area contributed by atoms with Crippen LogP contribution in [0.3, 0.4) is 0 Å². The van der Waals surface area contributed by atoms with Crippen molar-refractivity contribution in [2.45, 2.75) is 31.2 Å². The number of aliphatic imine (C=N–C) groups is 1. The zero-order valence-corrected chi connectivity index (χ0v) is 12.7. The molecule has 2 N–H and O–H groups in total. The van der Waals surface area contributed by atoms with Crippen LogP contribution in [0, 0.1) is 0 Å². The molecule has 0 aliphatic heterocycles. The molecule has 1 aliphatic rings. The lowest BCUT2D eigenvalue weighted by Gasteiger charge is -2.25. The normalized spacial score (nSPS) is 16.7. The molecular weight excluding hydrogens is 322 g/mol. The Morgan fingerprint density at radius 3 is 2.65 bits per heavy atom. The van der Waals surface area contributed by atoms with Gasteiger partial charge in [0.2, 0.25) is 6.08 Å². The summed E-state index contributed by atoms with van der Waals surface area (Å²) in [6.07, 6.45) is 3.49. The Morgan fingerprint density at radius 2 is 2.10 bits per heavy atom. The van der Waals surface area contributed by atoms with Crippen molar-refractivity contribution in [1.29, 1.82) is 0 Å². The topological polar surface area (TPSA) is 70.6 Å². The quantitative estimate of drug-likeness (QED) is 0.640. The van der Waals surface area contributed by atoms with Crippen LogP contribution in [0.1, 0.15) is 25.3 Å². The van der Waals surface area contributed by atoms with Gasteiger partial charge in [0.15, 0.2) is 0 Å². The molecule has 6 heteroatoms. The molecule has 1 aromatic carbocycles. The summed E-state index contributed by atoms with van der Waals surface area (Å²) in [5.41, 5.74) is 1.26. The van der Waals surface area contributed by atoms with Crippen LogP contribution in [0.15, 0.2) is 33.7 Å². The van der Waals surface area contributed by atoms with Crippen LogP contribution in [0.4, 0.5) is 4.79 Å². The Kier molecular flexibility index (Phi) is 4.57. The molecule has 1 atom stereocenters. The number of hydrogen-bond acceptors (Lipinski definition) is 3. The number of benzene rings is 1. The smallest absolute Gasteiger partial charge is 0.316 e. The van der Waals surface area contributed by atoms with E-state index in [1.165, 1.54) is 11.6 Å². The Hall–Kier alpha value is -1.65. The lowest BCUT2D eigenvalue weighted by Crippen LogP contribution is -2.46. The minimum atomic E-state index is -0.320. The van der Waals surface area contributed by atoms with Gasteiger partial charge < -0.3 is 10.6 Å². The summed E-state index contributed by atoms with van der Waals surface area (Å²) in [5.74, 6) is 0. The zero-order chi connectivity index (χ0) is 14.6. The maximum atomic E-state index is 11.7.